The Hall–Kier alpha value is -1.46. The number of carbonyl (C=O) groups is 1. The van der Waals surface area contributed by atoms with Crippen LogP contribution in [0.4, 0.5) is 0 Å². The maximum Gasteiger partial charge on any atom is 0.310 e. The van der Waals surface area contributed by atoms with E-state index < -0.39 is 0 Å². The van der Waals surface area contributed by atoms with E-state index in [-0.39, 0.29) is 18.6 Å². The molecule has 0 aliphatic carbocycles. The monoisotopic (exact) mass is 170 g/mol. The first-order valence-corrected chi connectivity index (χ1v) is 3.57. The number of ether oxygens (including phenoxy) is 1. The van der Waals surface area contributed by atoms with E-state index in [9.17, 15) is 4.79 Å². The number of nitrogens with zero attached hydrogens (tertiary/aromatic N) is 4. The molecule has 0 unspecified atom stereocenters. The van der Waals surface area contributed by atoms with Crippen LogP contribution < -0.4 is 0 Å². The highest BCUT2D eigenvalue weighted by Gasteiger charge is 2.07. The lowest BCUT2D eigenvalue weighted by Gasteiger charge is -2.04. The standard InChI is InChI=1S/C6H10N4O2/c1-5(2)6(11)12-4-10-8-3-7-9-10/h3,5H,4H2,1-2H3. The number of carbonyl (C=O) groups excluding carboxylic acids is 1. The van der Waals surface area contributed by atoms with E-state index in [0.29, 0.717) is 0 Å². The van der Waals surface area contributed by atoms with E-state index in [1.807, 2.05) is 0 Å². The molecule has 66 valence electrons. The van der Waals surface area contributed by atoms with E-state index in [1.165, 1.54) is 11.1 Å². The first-order chi connectivity index (χ1) is 5.70. The third kappa shape index (κ3) is 2.30. The van der Waals surface area contributed by atoms with Crippen LogP contribution in [-0.2, 0) is 16.3 Å². The molecule has 0 N–H and O–H groups in total. The van der Waals surface area contributed by atoms with Gasteiger partial charge in [0.1, 0.15) is 0 Å². The quantitative estimate of drug-likeness (QED) is 0.589. The van der Waals surface area contributed by atoms with Gasteiger partial charge in [-0.1, -0.05) is 13.8 Å². The molecule has 0 aliphatic rings. The molecule has 0 fully saturated rings. The van der Waals surface area contributed by atoms with Gasteiger partial charge in [0.25, 0.3) is 0 Å². The summed E-state index contributed by atoms with van der Waals surface area (Å²) in [4.78, 5) is 12.1. The van der Waals surface area contributed by atoms with Gasteiger partial charge in [-0.15, -0.1) is 15.0 Å². The molecule has 6 heteroatoms. The first kappa shape index (κ1) is 8.63. The van der Waals surface area contributed by atoms with Crippen LogP contribution in [0.1, 0.15) is 13.8 Å². The Labute approximate surface area is 69.5 Å². The molecule has 0 saturated carbocycles. The second kappa shape index (κ2) is 3.80. The largest absolute Gasteiger partial charge is 0.440 e. The van der Waals surface area contributed by atoms with E-state index >= 15 is 0 Å². The fourth-order valence-corrected chi connectivity index (χ4v) is 0.536. The number of esters is 1. The molecule has 0 radical (unpaired) electrons. The van der Waals surface area contributed by atoms with Crippen LogP contribution in [-0.4, -0.2) is 26.2 Å². The Kier molecular flexibility index (Phi) is 2.73. The Morgan fingerprint density at radius 1 is 1.67 bits per heavy atom. The number of hydrogen-bond donors (Lipinski definition) is 0. The summed E-state index contributed by atoms with van der Waals surface area (Å²) in [5.41, 5.74) is 0. The Morgan fingerprint density at radius 3 is 2.92 bits per heavy atom. The highest BCUT2D eigenvalue weighted by molar-refractivity contribution is 5.71. The Bertz CT molecular complexity index is 244. The van der Waals surface area contributed by atoms with Gasteiger partial charge in [-0.05, 0) is 5.21 Å². The second-order valence-corrected chi connectivity index (χ2v) is 2.56. The van der Waals surface area contributed by atoms with Crippen LogP contribution in [0.25, 0.3) is 0 Å². The van der Waals surface area contributed by atoms with Gasteiger partial charge < -0.3 is 4.74 Å². The third-order valence-electron chi connectivity index (χ3n) is 1.19. The van der Waals surface area contributed by atoms with Gasteiger partial charge in [-0.3, -0.25) is 4.79 Å². The van der Waals surface area contributed by atoms with Crippen LogP contribution in [0.5, 0.6) is 0 Å². The summed E-state index contributed by atoms with van der Waals surface area (Å²) in [6, 6.07) is 0. The molecule has 12 heavy (non-hydrogen) atoms. The molecule has 0 aromatic carbocycles. The zero-order valence-electron chi connectivity index (χ0n) is 6.97. The number of tetrazole rings is 1. The van der Waals surface area contributed by atoms with Crippen LogP contribution >= 0.6 is 0 Å². The Morgan fingerprint density at radius 2 is 2.42 bits per heavy atom. The lowest BCUT2D eigenvalue weighted by Crippen LogP contribution is -2.15. The van der Waals surface area contributed by atoms with Gasteiger partial charge >= 0.3 is 5.97 Å². The van der Waals surface area contributed by atoms with Crippen molar-refractivity contribution in [2.45, 2.75) is 20.6 Å². The maximum absolute atomic E-state index is 10.9. The Balaban J connectivity index is 2.32. The minimum atomic E-state index is -0.271. The van der Waals surface area contributed by atoms with Crippen LogP contribution in [0.3, 0.4) is 0 Å². The molecule has 1 aromatic rings. The van der Waals surface area contributed by atoms with Crippen LogP contribution in [0.15, 0.2) is 6.33 Å². The summed E-state index contributed by atoms with van der Waals surface area (Å²) < 4.78 is 4.81. The molecule has 6 nitrogen and oxygen atoms in total. The average molecular weight is 170 g/mol. The van der Waals surface area contributed by atoms with Crippen LogP contribution in [0.2, 0.25) is 0 Å². The zero-order valence-corrected chi connectivity index (χ0v) is 6.97. The van der Waals surface area contributed by atoms with Gasteiger partial charge in [0.15, 0.2) is 6.33 Å². The molecule has 0 amide bonds. The van der Waals surface area contributed by atoms with Crippen molar-refractivity contribution >= 4 is 5.97 Å². The summed E-state index contributed by atoms with van der Waals surface area (Å²) in [5.74, 6) is -0.402. The number of hydrogen-bond acceptors (Lipinski definition) is 5. The predicted molar refractivity (Wildman–Crippen MR) is 38.7 cm³/mol. The molecule has 0 bridgehead atoms. The SMILES string of the molecule is CC(C)C(=O)OCn1ncnn1. The second-order valence-electron chi connectivity index (χ2n) is 2.56. The third-order valence-corrected chi connectivity index (χ3v) is 1.19. The van der Waals surface area contributed by atoms with Crippen molar-refractivity contribution < 1.29 is 9.53 Å². The lowest BCUT2D eigenvalue weighted by atomic mass is 10.2. The summed E-state index contributed by atoms with van der Waals surface area (Å²) >= 11 is 0. The molecule has 0 saturated heterocycles. The first-order valence-electron chi connectivity index (χ1n) is 3.57. The lowest BCUT2D eigenvalue weighted by molar-refractivity contribution is -0.152. The fraction of sp³-hybridized carbons (Fsp3) is 0.667. The molecule has 0 aliphatic heterocycles. The summed E-state index contributed by atoms with van der Waals surface area (Å²) in [6.45, 7) is 3.55. The summed E-state index contributed by atoms with van der Waals surface area (Å²) in [7, 11) is 0. The van der Waals surface area contributed by atoms with E-state index in [0.717, 1.165) is 0 Å². The van der Waals surface area contributed by atoms with Crippen molar-refractivity contribution in [1.29, 1.82) is 0 Å². The van der Waals surface area contributed by atoms with Gasteiger partial charge in [-0.25, -0.2) is 0 Å². The van der Waals surface area contributed by atoms with Gasteiger partial charge in [-0.2, -0.15) is 0 Å². The topological polar surface area (TPSA) is 69.9 Å². The van der Waals surface area contributed by atoms with Crippen molar-refractivity contribution in [2.24, 2.45) is 5.92 Å². The number of aromatic nitrogens is 4. The molecule has 1 aromatic heterocycles. The predicted octanol–water partition coefficient (Wildman–Crippen LogP) is -0.170. The smallest absolute Gasteiger partial charge is 0.310 e. The maximum atomic E-state index is 10.9. The average Bonchev–Trinajstić information content (AvgIpc) is 2.51. The fourth-order valence-electron chi connectivity index (χ4n) is 0.536. The van der Waals surface area contributed by atoms with E-state index in [1.54, 1.807) is 13.8 Å². The molecule has 0 atom stereocenters. The van der Waals surface area contributed by atoms with Crippen molar-refractivity contribution in [3.8, 4) is 0 Å². The molecule has 0 spiro atoms. The molecule has 1 rings (SSSR count). The van der Waals surface area contributed by atoms with Gasteiger partial charge in [0.05, 0.1) is 5.92 Å². The van der Waals surface area contributed by atoms with Crippen molar-refractivity contribution in [1.82, 2.24) is 20.2 Å². The van der Waals surface area contributed by atoms with Crippen molar-refractivity contribution in [3.63, 3.8) is 0 Å². The van der Waals surface area contributed by atoms with E-state index in [4.69, 9.17) is 4.74 Å². The van der Waals surface area contributed by atoms with Gasteiger partial charge in [0.2, 0.25) is 6.73 Å². The zero-order chi connectivity index (χ0) is 8.97. The van der Waals surface area contributed by atoms with Crippen LogP contribution in [0, 0.1) is 5.92 Å². The van der Waals surface area contributed by atoms with E-state index in [2.05, 4.69) is 15.4 Å². The van der Waals surface area contributed by atoms with Crippen molar-refractivity contribution in [2.75, 3.05) is 0 Å². The minimum Gasteiger partial charge on any atom is -0.440 e. The van der Waals surface area contributed by atoms with Gasteiger partial charge in [0, 0.05) is 0 Å². The molecular formula is C6H10N4O2. The summed E-state index contributed by atoms with van der Waals surface area (Å²) in [5, 5.41) is 10.6. The highest BCUT2D eigenvalue weighted by atomic mass is 16.5. The number of rotatable bonds is 3. The highest BCUT2D eigenvalue weighted by Crippen LogP contribution is 1.95. The summed E-state index contributed by atoms with van der Waals surface area (Å²) in [6.07, 6.45) is 1.28. The normalized spacial score (nSPS) is 10.2. The molecular weight excluding hydrogens is 160 g/mol. The van der Waals surface area contributed by atoms with Crippen molar-refractivity contribution in [3.05, 3.63) is 6.33 Å². The molecule has 1 heterocycles. The minimum absolute atomic E-state index is 0.0248.